The molecular weight excluding hydrogens is 316 g/mol. The Labute approximate surface area is 145 Å². The van der Waals surface area contributed by atoms with Crippen molar-refractivity contribution in [3.05, 3.63) is 71.8 Å². The number of hydrogen-bond acceptors (Lipinski definition) is 4. The van der Waals surface area contributed by atoms with Crippen LogP contribution in [0.4, 0.5) is 0 Å². The molecule has 0 radical (unpaired) electrons. The summed E-state index contributed by atoms with van der Waals surface area (Å²) in [4.78, 5) is 12.4. The summed E-state index contributed by atoms with van der Waals surface area (Å²) in [5.74, 6) is 1.04. The zero-order chi connectivity index (χ0) is 17.6. The second kappa shape index (κ2) is 7.49. The lowest BCUT2D eigenvalue weighted by atomic mass is 10.0. The Morgan fingerprint density at radius 2 is 1.80 bits per heavy atom. The van der Waals surface area contributed by atoms with Crippen LogP contribution in [0.1, 0.15) is 15.9 Å². The van der Waals surface area contributed by atoms with Gasteiger partial charge in [-0.3, -0.25) is 4.79 Å². The van der Waals surface area contributed by atoms with Gasteiger partial charge in [-0.25, -0.2) is 5.43 Å². The van der Waals surface area contributed by atoms with Gasteiger partial charge in [-0.05, 0) is 29.0 Å². The molecule has 0 aliphatic carbocycles. The molecule has 0 aliphatic heterocycles. The van der Waals surface area contributed by atoms with Crippen LogP contribution >= 0.6 is 0 Å². The van der Waals surface area contributed by atoms with Crippen LogP contribution in [0.3, 0.4) is 0 Å². The van der Waals surface area contributed by atoms with Crippen molar-refractivity contribution in [1.82, 2.24) is 5.43 Å². The van der Waals surface area contributed by atoms with Crippen molar-refractivity contribution in [2.75, 3.05) is 14.2 Å². The van der Waals surface area contributed by atoms with E-state index in [0.29, 0.717) is 17.1 Å². The van der Waals surface area contributed by atoms with Crippen molar-refractivity contribution in [2.45, 2.75) is 0 Å². The average molecular weight is 334 g/mol. The number of nitrogens with one attached hydrogen (secondary N) is 1. The molecule has 0 saturated heterocycles. The first-order valence-electron chi connectivity index (χ1n) is 7.76. The van der Waals surface area contributed by atoms with E-state index in [1.807, 2.05) is 42.5 Å². The summed E-state index contributed by atoms with van der Waals surface area (Å²) >= 11 is 0. The summed E-state index contributed by atoms with van der Waals surface area (Å²) < 4.78 is 10.5. The number of rotatable bonds is 5. The van der Waals surface area contributed by atoms with Crippen molar-refractivity contribution >= 4 is 22.9 Å². The number of hydrazone groups is 1. The van der Waals surface area contributed by atoms with Crippen LogP contribution in [-0.4, -0.2) is 26.3 Å². The fourth-order valence-corrected chi connectivity index (χ4v) is 2.57. The molecule has 0 unspecified atom stereocenters. The van der Waals surface area contributed by atoms with E-state index in [0.717, 1.165) is 16.3 Å². The monoisotopic (exact) mass is 334 g/mol. The van der Waals surface area contributed by atoms with Gasteiger partial charge in [-0.1, -0.05) is 36.4 Å². The van der Waals surface area contributed by atoms with Gasteiger partial charge < -0.3 is 9.47 Å². The highest BCUT2D eigenvalue weighted by Gasteiger charge is 2.08. The Bertz CT molecular complexity index is 930. The first-order chi connectivity index (χ1) is 12.2. The number of benzene rings is 3. The number of carbonyl (C=O) groups is 1. The van der Waals surface area contributed by atoms with E-state index in [2.05, 4.69) is 10.5 Å². The molecule has 0 fully saturated rings. The van der Waals surface area contributed by atoms with Crippen LogP contribution in [0, 0.1) is 0 Å². The molecule has 126 valence electrons. The van der Waals surface area contributed by atoms with Gasteiger partial charge in [0.1, 0.15) is 11.5 Å². The minimum Gasteiger partial charge on any atom is -0.497 e. The second-order valence-corrected chi connectivity index (χ2v) is 5.33. The topological polar surface area (TPSA) is 59.9 Å². The van der Waals surface area contributed by atoms with Crippen LogP contribution in [0.2, 0.25) is 0 Å². The molecule has 5 heteroatoms. The summed E-state index contributed by atoms with van der Waals surface area (Å²) in [6.07, 6.45) is 1.54. The predicted octanol–water partition coefficient (Wildman–Crippen LogP) is 3.62. The van der Waals surface area contributed by atoms with Crippen LogP contribution < -0.4 is 14.9 Å². The quantitative estimate of drug-likeness (QED) is 0.573. The van der Waals surface area contributed by atoms with Crippen LogP contribution in [0.15, 0.2) is 65.8 Å². The van der Waals surface area contributed by atoms with E-state index >= 15 is 0 Å². The van der Waals surface area contributed by atoms with Gasteiger partial charge >= 0.3 is 0 Å². The Morgan fingerprint density at radius 1 is 1.00 bits per heavy atom. The predicted molar refractivity (Wildman–Crippen MR) is 98.6 cm³/mol. The molecule has 0 aliphatic rings. The number of hydrogen-bond donors (Lipinski definition) is 1. The minimum atomic E-state index is -0.263. The summed E-state index contributed by atoms with van der Waals surface area (Å²) in [7, 11) is 3.16. The van der Waals surface area contributed by atoms with Crippen molar-refractivity contribution in [2.24, 2.45) is 5.10 Å². The fraction of sp³-hybridized carbons (Fsp3) is 0.100. The molecule has 0 atom stereocenters. The lowest BCUT2D eigenvalue weighted by molar-refractivity contribution is 0.0957. The molecule has 3 aromatic rings. The maximum Gasteiger partial charge on any atom is 0.271 e. The Hall–Kier alpha value is -3.34. The summed E-state index contributed by atoms with van der Waals surface area (Å²) in [6.45, 7) is 0. The maximum absolute atomic E-state index is 12.4. The average Bonchev–Trinajstić information content (AvgIpc) is 2.67. The molecule has 0 saturated carbocycles. The molecule has 5 nitrogen and oxygen atoms in total. The molecule has 3 aromatic carbocycles. The number of amides is 1. The second-order valence-electron chi connectivity index (χ2n) is 5.33. The largest absolute Gasteiger partial charge is 0.497 e. The van der Waals surface area contributed by atoms with E-state index in [1.54, 1.807) is 38.6 Å². The maximum atomic E-state index is 12.4. The van der Waals surface area contributed by atoms with Crippen LogP contribution in [-0.2, 0) is 0 Å². The first-order valence-corrected chi connectivity index (χ1v) is 7.76. The third kappa shape index (κ3) is 3.61. The van der Waals surface area contributed by atoms with Gasteiger partial charge in [-0.15, -0.1) is 0 Å². The van der Waals surface area contributed by atoms with Gasteiger partial charge in [0.2, 0.25) is 0 Å². The zero-order valence-electron chi connectivity index (χ0n) is 14.0. The van der Waals surface area contributed by atoms with Crippen LogP contribution in [0.25, 0.3) is 10.8 Å². The highest BCUT2D eigenvalue weighted by atomic mass is 16.5. The standard InChI is InChI=1S/C20H18N2O3/c1-24-16-11-10-15(19(12-16)25-2)13-21-22-20(23)18-9-5-7-14-6-3-4-8-17(14)18/h3-13H,1-2H3,(H,22,23)/b21-13-. The van der Waals surface area contributed by atoms with Crippen molar-refractivity contribution < 1.29 is 14.3 Å². The minimum absolute atomic E-state index is 0.263. The summed E-state index contributed by atoms with van der Waals surface area (Å²) in [5, 5.41) is 5.94. The fourth-order valence-electron chi connectivity index (χ4n) is 2.57. The summed E-state index contributed by atoms with van der Waals surface area (Å²) in [5.41, 5.74) is 3.88. The third-order valence-corrected chi connectivity index (χ3v) is 3.84. The van der Waals surface area contributed by atoms with Gasteiger partial charge in [0.05, 0.1) is 20.4 Å². The number of ether oxygens (including phenoxy) is 2. The third-order valence-electron chi connectivity index (χ3n) is 3.84. The number of nitrogens with zero attached hydrogens (tertiary/aromatic N) is 1. The molecule has 25 heavy (non-hydrogen) atoms. The Morgan fingerprint density at radius 3 is 2.60 bits per heavy atom. The van der Waals surface area contributed by atoms with E-state index < -0.39 is 0 Å². The van der Waals surface area contributed by atoms with Gasteiger partial charge in [0, 0.05) is 17.2 Å². The molecule has 1 amide bonds. The van der Waals surface area contributed by atoms with Gasteiger partial charge in [0.15, 0.2) is 0 Å². The van der Waals surface area contributed by atoms with Crippen molar-refractivity contribution in [3.8, 4) is 11.5 Å². The number of carbonyl (C=O) groups excluding carboxylic acids is 1. The highest BCUT2D eigenvalue weighted by Crippen LogP contribution is 2.23. The molecule has 3 rings (SSSR count). The molecular formula is C20H18N2O3. The van der Waals surface area contributed by atoms with E-state index in [4.69, 9.17) is 9.47 Å². The molecule has 0 aromatic heterocycles. The zero-order valence-corrected chi connectivity index (χ0v) is 14.0. The van der Waals surface area contributed by atoms with Gasteiger partial charge in [0.25, 0.3) is 5.91 Å². The summed E-state index contributed by atoms with van der Waals surface area (Å²) in [6, 6.07) is 18.7. The molecule has 0 heterocycles. The van der Waals surface area contributed by atoms with E-state index in [1.165, 1.54) is 0 Å². The van der Waals surface area contributed by atoms with E-state index in [-0.39, 0.29) is 5.91 Å². The lowest BCUT2D eigenvalue weighted by Crippen LogP contribution is -2.18. The lowest BCUT2D eigenvalue weighted by Gasteiger charge is -2.07. The van der Waals surface area contributed by atoms with E-state index in [9.17, 15) is 4.79 Å². The van der Waals surface area contributed by atoms with Crippen LogP contribution in [0.5, 0.6) is 11.5 Å². The highest BCUT2D eigenvalue weighted by molar-refractivity contribution is 6.07. The molecule has 0 spiro atoms. The SMILES string of the molecule is COc1ccc(/C=N\NC(=O)c2cccc3ccccc23)c(OC)c1. The number of fused-ring (bicyclic) bond motifs is 1. The molecule has 1 N–H and O–H groups in total. The van der Waals surface area contributed by atoms with Crippen molar-refractivity contribution in [1.29, 1.82) is 0 Å². The number of methoxy groups -OCH3 is 2. The normalized spacial score (nSPS) is 10.8. The van der Waals surface area contributed by atoms with Crippen molar-refractivity contribution in [3.63, 3.8) is 0 Å². The Kier molecular flexibility index (Phi) is 4.95. The van der Waals surface area contributed by atoms with Gasteiger partial charge in [-0.2, -0.15) is 5.10 Å². The smallest absolute Gasteiger partial charge is 0.271 e. The molecule has 0 bridgehead atoms. The first kappa shape index (κ1) is 16.5. The Balaban J connectivity index is 1.79.